The summed E-state index contributed by atoms with van der Waals surface area (Å²) in [6.45, 7) is 2.00. The molecule has 2 saturated carbocycles. The molecule has 0 aromatic heterocycles. The van der Waals surface area contributed by atoms with E-state index in [4.69, 9.17) is 23.2 Å². The molecular weight excluding hydrogens is 253 g/mol. The molecule has 0 saturated heterocycles. The lowest BCUT2D eigenvalue weighted by Gasteiger charge is -2.15. The summed E-state index contributed by atoms with van der Waals surface area (Å²) < 4.78 is 0. The summed E-state index contributed by atoms with van der Waals surface area (Å²) in [4.78, 5) is 0. The number of hydrogen-bond donors (Lipinski definition) is 1. The molecule has 17 heavy (non-hydrogen) atoms. The van der Waals surface area contributed by atoms with Gasteiger partial charge in [0.25, 0.3) is 0 Å². The van der Waals surface area contributed by atoms with E-state index in [2.05, 4.69) is 5.32 Å². The van der Waals surface area contributed by atoms with Crippen LogP contribution in [0.3, 0.4) is 0 Å². The van der Waals surface area contributed by atoms with Crippen molar-refractivity contribution in [1.82, 2.24) is 5.32 Å². The van der Waals surface area contributed by atoms with Gasteiger partial charge in [0.15, 0.2) is 0 Å². The standard InChI is InChI=1S/C14H17Cl2N/c15-12-4-1-10(13(16)7-12)8-17-9-14(5-6-14)11-2-3-11/h1,4,7,11,17H,2-3,5-6,8-9H2. The van der Waals surface area contributed by atoms with Crippen molar-refractivity contribution in [2.75, 3.05) is 6.54 Å². The van der Waals surface area contributed by atoms with Crippen LogP contribution >= 0.6 is 23.2 Å². The molecule has 1 N–H and O–H groups in total. The van der Waals surface area contributed by atoms with E-state index in [9.17, 15) is 0 Å². The molecule has 0 amide bonds. The third-order valence-electron chi connectivity index (χ3n) is 4.14. The zero-order valence-corrected chi connectivity index (χ0v) is 11.3. The van der Waals surface area contributed by atoms with Gasteiger partial charge in [-0.2, -0.15) is 0 Å². The van der Waals surface area contributed by atoms with Crippen molar-refractivity contribution >= 4 is 23.2 Å². The molecule has 2 aliphatic rings. The maximum atomic E-state index is 6.15. The molecule has 2 fully saturated rings. The zero-order chi connectivity index (χ0) is 11.9. The molecule has 3 rings (SSSR count). The van der Waals surface area contributed by atoms with Gasteiger partial charge < -0.3 is 5.32 Å². The molecule has 92 valence electrons. The van der Waals surface area contributed by atoms with E-state index in [0.717, 1.165) is 29.6 Å². The summed E-state index contributed by atoms with van der Waals surface area (Å²) in [6.07, 6.45) is 5.73. The van der Waals surface area contributed by atoms with Crippen molar-refractivity contribution in [3.05, 3.63) is 33.8 Å². The SMILES string of the molecule is Clc1ccc(CNCC2(C3CC3)CC2)c(Cl)c1. The first-order valence-electron chi connectivity index (χ1n) is 6.34. The number of halogens is 2. The van der Waals surface area contributed by atoms with E-state index >= 15 is 0 Å². The molecule has 0 aliphatic heterocycles. The van der Waals surface area contributed by atoms with Crippen LogP contribution in [0.15, 0.2) is 18.2 Å². The number of hydrogen-bond acceptors (Lipinski definition) is 1. The lowest BCUT2D eigenvalue weighted by atomic mass is 10.0. The van der Waals surface area contributed by atoms with Crippen LogP contribution in [-0.2, 0) is 6.54 Å². The van der Waals surface area contributed by atoms with Crippen LogP contribution in [0.5, 0.6) is 0 Å². The Labute approximate surface area is 112 Å². The molecule has 2 aliphatic carbocycles. The van der Waals surface area contributed by atoms with Crippen molar-refractivity contribution in [3.8, 4) is 0 Å². The molecule has 0 heterocycles. The average molecular weight is 270 g/mol. The van der Waals surface area contributed by atoms with Crippen LogP contribution in [0.4, 0.5) is 0 Å². The van der Waals surface area contributed by atoms with Gasteiger partial charge >= 0.3 is 0 Å². The molecule has 0 unspecified atom stereocenters. The fourth-order valence-corrected chi connectivity index (χ4v) is 3.17. The average Bonchev–Trinajstić information content (AvgIpc) is 3.14. The van der Waals surface area contributed by atoms with Crippen molar-refractivity contribution in [2.24, 2.45) is 11.3 Å². The van der Waals surface area contributed by atoms with Gasteiger partial charge in [-0.25, -0.2) is 0 Å². The van der Waals surface area contributed by atoms with Crippen molar-refractivity contribution in [3.63, 3.8) is 0 Å². The summed E-state index contributed by atoms with van der Waals surface area (Å²) in [7, 11) is 0. The van der Waals surface area contributed by atoms with Gasteiger partial charge in [-0.05, 0) is 54.7 Å². The topological polar surface area (TPSA) is 12.0 Å². The first kappa shape index (κ1) is 11.8. The normalized spacial score (nSPS) is 21.5. The monoisotopic (exact) mass is 269 g/mol. The number of nitrogens with one attached hydrogen (secondary N) is 1. The fourth-order valence-electron chi connectivity index (χ4n) is 2.70. The van der Waals surface area contributed by atoms with E-state index in [0.29, 0.717) is 10.4 Å². The second-order valence-electron chi connectivity index (χ2n) is 5.48. The Kier molecular flexibility index (Phi) is 3.10. The Morgan fingerprint density at radius 3 is 2.59 bits per heavy atom. The summed E-state index contributed by atoms with van der Waals surface area (Å²) in [5, 5.41) is 5.03. The number of rotatable bonds is 5. The predicted molar refractivity (Wildman–Crippen MR) is 72.6 cm³/mol. The minimum atomic E-state index is 0.652. The first-order valence-corrected chi connectivity index (χ1v) is 7.10. The molecule has 1 aromatic carbocycles. The molecule has 1 aromatic rings. The van der Waals surface area contributed by atoms with Gasteiger partial charge in [0.1, 0.15) is 0 Å². The van der Waals surface area contributed by atoms with Crippen LogP contribution in [0.1, 0.15) is 31.2 Å². The van der Waals surface area contributed by atoms with Crippen LogP contribution in [0.25, 0.3) is 0 Å². The Morgan fingerprint density at radius 1 is 1.24 bits per heavy atom. The maximum Gasteiger partial charge on any atom is 0.0465 e. The van der Waals surface area contributed by atoms with Crippen molar-refractivity contribution in [1.29, 1.82) is 0 Å². The summed E-state index contributed by atoms with van der Waals surface area (Å²) in [6, 6.07) is 5.72. The first-order chi connectivity index (χ1) is 8.20. The third-order valence-corrected chi connectivity index (χ3v) is 4.73. The highest BCUT2D eigenvalue weighted by Crippen LogP contribution is 2.60. The summed E-state index contributed by atoms with van der Waals surface area (Å²) in [5.74, 6) is 1.01. The van der Waals surface area contributed by atoms with Crippen LogP contribution in [0, 0.1) is 11.3 Å². The molecule has 0 atom stereocenters. The minimum absolute atomic E-state index is 0.652. The molecule has 0 bridgehead atoms. The van der Waals surface area contributed by atoms with E-state index in [-0.39, 0.29) is 0 Å². The second-order valence-corrected chi connectivity index (χ2v) is 6.32. The van der Waals surface area contributed by atoms with E-state index < -0.39 is 0 Å². The Hall–Kier alpha value is -0.240. The van der Waals surface area contributed by atoms with Gasteiger partial charge in [0.05, 0.1) is 0 Å². The smallest absolute Gasteiger partial charge is 0.0465 e. The van der Waals surface area contributed by atoms with Crippen LogP contribution in [0.2, 0.25) is 10.0 Å². The highest BCUT2D eigenvalue weighted by atomic mass is 35.5. The lowest BCUT2D eigenvalue weighted by molar-refractivity contribution is 0.403. The predicted octanol–water partition coefficient (Wildman–Crippen LogP) is 4.27. The van der Waals surface area contributed by atoms with Crippen molar-refractivity contribution in [2.45, 2.75) is 32.2 Å². The highest BCUT2D eigenvalue weighted by Gasteiger charge is 2.53. The highest BCUT2D eigenvalue weighted by molar-refractivity contribution is 6.35. The maximum absolute atomic E-state index is 6.15. The molecule has 3 heteroatoms. The molecular formula is C14H17Cl2N. The van der Waals surface area contributed by atoms with Gasteiger partial charge in [0.2, 0.25) is 0 Å². The van der Waals surface area contributed by atoms with E-state index in [1.54, 1.807) is 0 Å². The van der Waals surface area contributed by atoms with Crippen LogP contribution < -0.4 is 5.32 Å². The second kappa shape index (κ2) is 4.46. The Balaban J connectivity index is 1.53. The summed E-state index contributed by atoms with van der Waals surface area (Å²) in [5.41, 5.74) is 1.79. The zero-order valence-electron chi connectivity index (χ0n) is 9.81. The fraction of sp³-hybridized carbons (Fsp3) is 0.571. The lowest BCUT2D eigenvalue weighted by Crippen LogP contribution is -2.25. The van der Waals surface area contributed by atoms with E-state index in [1.165, 1.54) is 25.7 Å². The molecule has 0 radical (unpaired) electrons. The number of benzene rings is 1. The van der Waals surface area contributed by atoms with Gasteiger partial charge in [0, 0.05) is 23.1 Å². The Bertz CT molecular complexity index is 422. The van der Waals surface area contributed by atoms with Crippen molar-refractivity contribution < 1.29 is 0 Å². The van der Waals surface area contributed by atoms with Gasteiger partial charge in [-0.3, -0.25) is 0 Å². The minimum Gasteiger partial charge on any atom is -0.312 e. The van der Waals surface area contributed by atoms with Crippen LogP contribution in [-0.4, -0.2) is 6.54 Å². The van der Waals surface area contributed by atoms with E-state index in [1.807, 2.05) is 18.2 Å². The third kappa shape index (κ3) is 2.62. The molecule has 1 nitrogen and oxygen atoms in total. The largest absolute Gasteiger partial charge is 0.312 e. The van der Waals surface area contributed by atoms with Gasteiger partial charge in [-0.15, -0.1) is 0 Å². The molecule has 0 spiro atoms. The summed E-state index contributed by atoms with van der Waals surface area (Å²) >= 11 is 12.0. The Morgan fingerprint density at radius 2 is 2.00 bits per heavy atom. The quantitative estimate of drug-likeness (QED) is 0.842. The van der Waals surface area contributed by atoms with Gasteiger partial charge in [-0.1, -0.05) is 29.3 Å².